The number of aliphatic imine (C=N–C) groups is 1. The predicted octanol–water partition coefficient (Wildman–Crippen LogP) is 1.60. The van der Waals surface area contributed by atoms with E-state index in [9.17, 15) is 0 Å². The Balaban J connectivity index is 1.81. The highest BCUT2D eigenvalue weighted by atomic mass is 16.5. The van der Waals surface area contributed by atoms with Crippen LogP contribution >= 0.6 is 0 Å². The second-order valence-corrected chi connectivity index (χ2v) is 3.93. The zero-order valence-electron chi connectivity index (χ0n) is 8.65. The van der Waals surface area contributed by atoms with Gasteiger partial charge in [-0.05, 0) is 11.6 Å². The van der Waals surface area contributed by atoms with Crippen LogP contribution in [0.25, 0.3) is 0 Å². The lowest BCUT2D eigenvalue weighted by molar-refractivity contribution is 0.0675. The minimum Gasteiger partial charge on any atom is -0.378 e. The molecule has 0 N–H and O–H groups in total. The zero-order valence-corrected chi connectivity index (χ0v) is 8.65. The first-order chi connectivity index (χ1) is 7.43. The molecular weight excluding hydrogens is 188 g/mol. The van der Waals surface area contributed by atoms with Crippen molar-refractivity contribution >= 4 is 11.5 Å². The quantitative estimate of drug-likeness (QED) is 0.638. The van der Waals surface area contributed by atoms with E-state index in [0.717, 1.165) is 38.4 Å². The van der Waals surface area contributed by atoms with Crippen LogP contribution in [0.1, 0.15) is 5.56 Å². The molecule has 0 saturated carbocycles. The largest absolute Gasteiger partial charge is 0.378 e. The minimum absolute atomic E-state index is 0.829. The first-order valence-electron chi connectivity index (χ1n) is 5.42. The number of benzene rings is 1. The fourth-order valence-electron chi connectivity index (χ4n) is 2.12. The third-order valence-electron chi connectivity index (χ3n) is 2.97. The van der Waals surface area contributed by atoms with Crippen molar-refractivity contribution in [3.63, 3.8) is 0 Å². The summed E-state index contributed by atoms with van der Waals surface area (Å²) in [6, 6.07) is 8.37. The van der Waals surface area contributed by atoms with Crippen LogP contribution in [0, 0.1) is 0 Å². The second-order valence-electron chi connectivity index (χ2n) is 3.93. The molecule has 0 aliphatic carbocycles. The van der Waals surface area contributed by atoms with Crippen LogP contribution in [0.3, 0.4) is 0 Å². The van der Waals surface area contributed by atoms with Gasteiger partial charge in [-0.25, -0.2) is 4.99 Å². The zero-order chi connectivity index (χ0) is 10.1. The Morgan fingerprint density at radius 1 is 1.13 bits per heavy atom. The Morgan fingerprint density at radius 2 is 1.93 bits per heavy atom. The summed E-state index contributed by atoms with van der Waals surface area (Å²) < 4.78 is 5.34. The molecule has 1 aromatic carbocycles. The van der Waals surface area contributed by atoms with E-state index < -0.39 is 0 Å². The van der Waals surface area contributed by atoms with E-state index in [2.05, 4.69) is 28.1 Å². The van der Waals surface area contributed by atoms with Crippen LogP contribution in [0.15, 0.2) is 29.3 Å². The lowest BCUT2D eigenvalue weighted by Gasteiger charge is -2.28. The molecule has 2 aliphatic rings. The molecule has 3 rings (SSSR count). The maximum absolute atomic E-state index is 5.34. The van der Waals surface area contributed by atoms with E-state index in [1.165, 1.54) is 11.4 Å². The van der Waals surface area contributed by atoms with E-state index in [-0.39, 0.29) is 0 Å². The molecule has 0 amide bonds. The molecule has 0 spiro atoms. The standard InChI is InChI=1S/C12H14N2O/c1-2-4-11-10(3-1)9-12(13-11)14-5-7-15-8-6-14/h1-4H,5-9H2. The second kappa shape index (κ2) is 3.66. The molecule has 0 bridgehead atoms. The summed E-state index contributed by atoms with van der Waals surface area (Å²) in [7, 11) is 0. The molecular formula is C12H14N2O. The number of hydrogen-bond acceptors (Lipinski definition) is 3. The molecule has 3 nitrogen and oxygen atoms in total. The molecule has 0 unspecified atom stereocenters. The van der Waals surface area contributed by atoms with Gasteiger partial charge in [0.05, 0.1) is 18.9 Å². The SMILES string of the molecule is c1ccc2c(c1)CC(N1CCOCC1)=N2. The summed E-state index contributed by atoms with van der Waals surface area (Å²) in [5, 5.41) is 0. The Hall–Kier alpha value is -1.35. The summed E-state index contributed by atoms with van der Waals surface area (Å²) in [6.45, 7) is 3.62. The van der Waals surface area contributed by atoms with Gasteiger partial charge in [0, 0.05) is 19.5 Å². The topological polar surface area (TPSA) is 24.8 Å². The van der Waals surface area contributed by atoms with Crippen molar-refractivity contribution < 1.29 is 4.74 Å². The van der Waals surface area contributed by atoms with E-state index in [4.69, 9.17) is 4.74 Å². The smallest absolute Gasteiger partial charge is 0.109 e. The van der Waals surface area contributed by atoms with Gasteiger partial charge < -0.3 is 9.64 Å². The van der Waals surface area contributed by atoms with Gasteiger partial charge in [0.15, 0.2) is 0 Å². The third-order valence-corrected chi connectivity index (χ3v) is 2.97. The highest BCUT2D eigenvalue weighted by molar-refractivity contribution is 5.92. The monoisotopic (exact) mass is 202 g/mol. The number of para-hydroxylation sites is 1. The average Bonchev–Trinajstić information content (AvgIpc) is 2.74. The molecule has 1 fully saturated rings. The van der Waals surface area contributed by atoms with Gasteiger partial charge in [0.1, 0.15) is 5.84 Å². The Kier molecular flexibility index (Phi) is 2.18. The van der Waals surface area contributed by atoms with Crippen LogP contribution < -0.4 is 0 Å². The Morgan fingerprint density at radius 3 is 2.73 bits per heavy atom. The number of nitrogens with zero attached hydrogens (tertiary/aromatic N) is 2. The van der Waals surface area contributed by atoms with Gasteiger partial charge >= 0.3 is 0 Å². The first kappa shape index (κ1) is 8.92. The fraction of sp³-hybridized carbons (Fsp3) is 0.417. The van der Waals surface area contributed by atoms with Gasteiger partial charge in [0.2, 0.25) is 0 Å². The van der Waals surface area contributed by atoms with Crippen LogP contribution in [-0.2, 0) is 11.2 Å². The Bertz CT molecular complexity index is 394. The van der Waals surface area contributed by atoms with Crippen molar-refractivity contribution in [3.05, 3.63) is 29.8 Å². The lowest BCUT2D eigenvalue weighted by Crippen LogP contribution is -2.40. The Labute approximate surface area is 89.4 Å². The van der Waals surface area contributed by atoms with Gasteiger partial charge in [-0.1, -0.05) is 18.2 Å². The maximum atomic E-state index is 5.34. The fourth-order valence-corrected chi connectivity index (χ4v) is 2.12. The molecule has 0 atom stereocenters. The first-order valence-corrected chi connectivity index (χ1v) is 5.42. The number of hydrogen-bond donors (Lipinski definition) is 0. The summed E-state index contributed by atoms with van der Waals surface area (Å²) in [4.78, 5) is 7.00. The van der Waals surface area contributed by atoms with E-state index >= 15 is 0 Å². The van der Waals surface area contributed by atoms with Crippen molar-refractivity contribution in [1.82, 2.24) is 4.90 Å². The normalized spacial score (nSPS) is 20.0. The van der Waals surface area contributed by atoms with E-state index in [0.29, 0.717) is 0 Å². The van der Waals surface area contributed by atoms with Crippen LogP contribution in [0.5, 0.6) is 0 Å². The molecule has 0 radical (unpaired) electrons. The summed E-state index contributed by atoms with van der Waals surface area (Å²) in [5.74, 6) is 1.21. The third kappa shape index (κ3) is 1.63. The average molecular weight is 202 g/mol. The molecule has 1 aromatic rings. The number of ether oxygens (including phenoxy) is 1. The molecule has 15 heavy (non-hydrogen) atoms. The van der Waals surface area contributed by atoms with Crippen LogP contribution in [0.4, 0.5) is 5.69 Å². The van der Waals surface area contributed by atoms with E-state index in [1.807, 2.05) is 6.07 Å². The molecule has 3 heteroatoms. The van der Waals surface area contributed by atoms with Crippen molar-refractivity contribution in [2.75, 3.05) is 26.3 Å². The molecule has 0 aromatic heterocycles. The molecule has 2 aliphatic heterocycles. The lowest BCUT2D eigenvalue weighted by atomic mass is 10.1. The number of morpholine rings is 1. The van der Waals surface area contributed by atoms with Crippen molar-refractivity contribution in [2.24, 2.45) is 4.99 Å². The van der Waals surface area contributed by atoms with Crippen molar-refractivity contribution in [3.8, 4) is 0 Å². The maximum Gasteiger partial charge on any atom is 0.109 e. The minimum atomic E-state index is 0.829. The van der Waals surface area contributed by atoms with Crippen molar-refractivity contribution in [2.45, 2.75) is 6.42 Å². The molecule has 1 saturated heterocycles. The van der Waals surface area contributed by atoms with Crippen molar-refractivity contribution in [1.29, 1.82) is 0 Å². The highest BCUT2D eigenvalue weighted by Crippen LogP contribution is 2.27. The highest BCUT2D eigenvalue weighted by Gasteiger charge is 2.20. The van der Waals surface area contributed by atoms with Gasteiger partial charge in [-0.3, -0.25) is 0 Å². The summed E-state index contributed by atoms with van der Waals surface area (Å²) >= 11 is 0. The number of amidine groups is 1. The van der Waals surface area contributed by atoms with Gasteiger partial charge in [0.25, 0.3) is 0 Å². The molecule has 2 heterocycles. The van der Waals surface area contributed by atoms with Crippen LogP contribution in [-0.4, -0.2) is 37.0 Å². The van der Waals surface area contributed by atoms with E-state index in [1.54, 1.807) is 0 Å². The number of fused-ring (bicyclic) bond motifs is 1. The van der Waals surface area contributed by atoms with Gasteiger partial charge in [-0.15, -0.1) is 0 Å². The van der Waals surface area contributed by atoms with Crippen LogP contribution in [0.2, 0.25) is 0 Å². The number of rotatable bonds is 0. The van der Waals surface area contributed by atoms with Gasteiger partial charge in [-0.2, -0.15) is 0 Å². The molecule has 78 valence electrons. The predicted molar refractivity (Wildman–Crippen MR) is 59.6 cm³/mol. The summed E-state index contributed by atoms with van der Waals surface area (Å²) in [6.07, 6.45) is 0.982. The summed E-state index contributed by atoms with van der Waals surface area (Å²) in [5.41, 5.74) is 2.48.